The normalized spacial score (nSPS) is 14.9. The van der Waals surface area contributed by atoms with Gasteiger partial charge >= 0.3 is 6.03 Å². The molecule has 0 atom stereocenters. The lowest BCUT2D eigenvalue weighted by Crippen LogP contribution is -2.40. The summed E-state index contributed by atoms with van der Waals surface area (Å²) in [5.74, 6) is -0.0666. The molecular weight excluding hydrogens is 307 g/mol. The molecule has 2 amide bonds. The van der Waals surface area contributed by atoms with E-state index in [9.17, 15) is 14.3 Å². The van der Waals surface area contributed by atoms with Crippen molar-refractivity contribution in [2.45, 2.75) is 24.8 Å². The predicted molar refractivity (Wildman–Crippen MR) is 90.3 cm³/mol. The first-order chi connectivity index (χ1) is 11.5. The van der Waals surface area contributed by atoms with Crippen molar-refractivity contribution in [3.63, 3.8) is 0 Å². The van der Waals surface area contributed by atoms with E-state index >= 15 is 0 Å². The zero-order valence-electron chi connectivity index (χ0n) is 13.6. The molecule has 24 heavy (non-hydrogen) atoms. The van der Waals surface area contributed by atoms with Crippen LogP contribution in [0.3, 0.4) is 0 Å². The Bertz CT molecular complexity index is 726. The van der Waals surface area contributed by atoms with E-state index in [0.717, 1.165) is 18.4 Å². The molecule has 126 valence electrons. The summed E-state index contributed by atoms with van der Waals surface area (Å²) in [6.45, 7) is 0.866. The molecule has 1 aliphatic carbocycles. The predicted octanol–water partition coefficient (Wildman–Crippen LogP) is 3.40. The van der Waals surface area contributed by atoms with E-state index in [1.807, 2.05) is 6.07 Å². The third kappa shape index (κ3) is 3.50. The number of aromatic hydroxyl groups is 1. The molecular formula is C19H21FN2O2. The van der Waals surface area contributed by atoms with Crippen LogP contribution in [0.1, 0.15) is 24.0 Å². The van der Waals surface area contributed by atoms with Gasteiger partial charge < -0.3 is 15.3 Å². The molecule has 0 saturated heterocycles. The zero-order chi connectivity index (χ0) is 17.2. The topological polar surface area (TPSA) is 52.6 Å². The van der Waals surface area contributed by atoms with Crippen LogP contribution >= 0.6 is 0 Å². The number of nitrogens with one attached hydrogen (secondary N) is 1. The second-order valence-electron chi connectivity index (χ2n) is 6.43. The fraction of sp³-hybridized carbons (Fsp3) is 0.316. The molecule has 4 nitrogen and oxygen atoms in total. The minimum Gasteiger partial charge on any atom is -0.508 e. The molecule has 0 radical (unpaired) electrons. The van der Waals surface area contributed by atoms with Crippen molar-refractivity contribution < 1.29 is 14.3 Å². The molecule has 2 aromatic rings. The number of urea groups is 1. The number of benzene rings is 2. The van der Waals surface area contributed by atoms with E-state index in [-0.39, 0.29) is 23.0 Å². The van der Waals surface area contributed by atoms with Gasteiger partial charge in [-0.3, -0.25) is 0 Å². The number of halogens is 1. The summed E-state index contributed by atoms with van der Waals surface area (Å²) in [6, 6.07) is 13.3. The number of phenolic OH excluding ortho intramolecular Hbond substituents is 1. The number of phenols is 1. The lowest BCUT2D eigenvalue weighted by Gasteiger charge is -2.22. The minimum absolute atomic E-state index is 0.0704. The van der Waals surface area contributed by atoms with E-state index in [2.05, 4.69) is 5.32 Å². The summed E-state index contributed by atoms with van der Waals surface area (Å²) in [5, 5.41) is 12.7. The molecule has 5 heteroatoms. The molecule has 0 aromatic heterocycles. The Morgan fingerprint density at radius 3 is 2.50 bits per heavy atom. The Morgan fingerprint density at radius 2 is 1.88 bits per heavy atom. The molecule has 1 fully saturated rings. The standard InChI is InChI=1S/C19H21FN2O2/c1-22(12-14-4-2-3-5-17(14)23)18(24)21-13-19(10-11-19)15-6-8-16(20)9-7-15/h2-9,23H,10-13H2,1H3,(H,21,24). The van der Waals surface area contributed by atoms with E-state index in [0.29, 0.717) is 18.7 Å². The summed E-state index contributed by atoms with van der Waals surface area (Å²) >= 11 is 0. The fourth-order valence-electron chi connectivity index (χ4n) is 2.87. The Hall–Kier alpha value is -2.56. The van der Waals surface area contributed by atoms with Crippen molar-refractivity contribution in [1.29, 1.82) is 0 Å². The fourth-order valence-corrected chi connectivity index (χ4v) is 2.87. The third-order valence-corrected chi connectivity index (χ3v) is 4.63. The van der Waals surface area contributed by atoms with Gasteiger partial charge in [0.2, 0.25) is 0 Å². The summed E-state index contributed by atoms with van der Waals surface area (Å²) in [6.07, 6.45) is 1.98. The number of carbonyl (C=O) groups excluding carboxylic acids is 1. The zero-order valence-corrected chi connectivity index (χ0v) is 13.6. The Balaban J connectivity index is 1.57. The highest BCUT2D eigenvalue weighted by atomic mass is 19.1. The van der Waals surface area contributed by atoms with Gasteiger partial charge in [-0.1, -0.05) is 30.3 Å². The van der Waals surface area contributed by atoms with Gasteiger partial charge in [0.1, 0.15) is 11.6 Å². The van der Waals surface area contributed by atoms with Gasteiger partial charge in [-0.15, -0.1) is 0 Å². The maximum atomic E-state index is 13.1. The quantitative estimate of drug-likeness (QED) is 0.884. The Kier molecular flexibility index (Phi) is 4.42. The maximum absolute atomic E-state index is 13.1. The van der Waals surface area contributed by atoms with Crippen molar-refractivity contribution in [3.8, 4) is 5.75 Å². The largest absolute Gasteiger partial charge is 0.508 e. The van der Waals surface area contributed by atoms with Crippen LogP contribution in [0.25, 0.3) is 0 Å². The number of amides is 2. The van der Waals surface area contributed by atoms with Gasteiger partial charge in [0.15, 0.2) is 0 Å². The number of hydrogen-bond donors (Lipinski definition) is 2. The van der Waals surface area contributed by atoms with Gasteiger partial charge in [-0.25, -0.2) is 9.18 Å². The highest BCUT2D eigenvalue weighted by Gasteiger charge is 2.44. The van der Waals surface area contributed by atoms with Crippen molar-refractivity contribution in [2.24, 2.45) is 0 Å². The summed E-state index contributed by atoms with van der Waals surface area (Å²) in [4.78, 5) is 13.8. The van der Waals surface area contributed by atoms with Gasteiger partial charge in [0, 0.05) is 24.6 Å². The van der Waals surface area contributed by atoms with Crippen molar-refractivity contribution in [3.05, 3.63) is 65.5 Å². The number of hydrogen-bond acceptors (Lipinski definition) is 2. The summed E-state index contributed by atoms with van der Waals surface area (Å²) in [7, 11) is 1.69. The summed E-state index contributed by atoms with van der Waals surface area (Å²) < 4.78 is 13.1. The number of rotatable bonds is 5. The monoisotopic (exact) mass is 328 g/mol. The van der Waals surface area contributed by atoms with Crippen molar-refractivity contribution in [2.75, 3.05) is 13.6 Å². The average Bonchev–Trinajstić information content (AvgIpc) is 3.36. The van der Waals surface area contributed by atoms with Gasteiger partial charge in [0.25, 0.3) is 0 Å². The van der Waals surface area contributed by atoms with Gasteiger partial charge in [-0.2, -0.15) is 0 Å². The van der Waals surface area contributed by atoms with Gasteiger partial charge in [0.05, 0.1) is 6.54 Å². The van der Waals surface area contributed by atoms with Crippen LogP contribution in [0.4, 0.5) is 9.18 Å². The Morgan fingerprint density at radius 1 is 1.21 bits per heavy atom. The van der Waals surface area contributed by atoms with E-state index < -0.39 is 0 Å². The lowest BCUT2D eigenvalue weighted by atomic mass is 9.96. The van der Waals surface area contributed by atoms with Crippen LogP contribution in [0, 0.1) is 5.82 Å². The third-order valence-electron chi connectivity index (χ3n) is 4.63. The van der Waals surface area contributed by atoms with Crippen molar-refractivity contribution >= 4 is 6.03 Å². The number of nitrogens with zero attached hydrogens (tertiary/aromatic N) is 1. The Labute approximate surface area is 140 Å². The van der Waals surface area contributed by atoms with Crippen LogP contribution in [-0.4, -0.2) is 29.6 Å². The van der Waals surface area contributed by atoms with Crippen LogP contribution in [0.5, 0.6) is 5.75 Å². The molecule has 0 bridgehead atoms. The molecule has 0 unspecified atom stereocenters. The minimum atomic E-state index is -0.249. The molecule has 3 rings (SSSR count). The molecule has 2 N–H and O–H groups in total. The SMILES string of the molecule is CN(Cc1ccccc1O)C(=O)NCC1(c2ccc(F)cc2)CC1. The van der Waals surface area contributed by atoms with Crippen LogP contribution in [0.2, 0.25) is 0 Å². The molecule has 1 saturated carbocycles. The number of carbonyl (C=O) groups is 1. The summed E-state index contributed by atoms with van der Waals surface area (Å²) in [5.41, 5.74) is 1.70. The smallest absolute Gasteiger partial charge is 0.317 e. The van der Waals surface area contributed by atoms with Crippen LogP contribution in [0.15, 0.2) is 48.5 Å². The first-order valence-corrected chi connectivity index (χ1v) is 8.02. The van der Waals surface area contributed by atoms with Crippen molar-refractivity contribution in [1.82, 2.24) is 10.2 Å². The average molecular weight is 328 g/mol. The number of para-hydroxylation sites is 1. The van der Waals surface area contributed by atoms with E-state index in [1.165, 1.54) is 17.0 Å². The van der Waals surface area contributed by atoms with E-state index in [1.54, 1.807) is 37.4 Å². The van der Waals surface area contributed by atoms with Crippen LogP contribution < -0.4 is 5.32 Å². The molecule has 0 spiro atoms. The second-order valence-corrected chi connectivity index (χ2v) is 6.43. The highest BCUT2D eigenvalue weighted by molar-refractivity contribution is 5.74. The molecule has 2 aromatic carbocycles. The second kappa shape index (κ2) is 6.51. The van der Waals surface area contributed by atoms with Gasteiger partial charge in [-0.05, 0) is 36.6 Å². The highest BCUT2D eigenvalue weighted by Crippen LogP contribution is 2.47. The lowest BCUT2D eigenvalue weighted by molar-refractivity contribution is 0.205. The first kappa shape index (κ1) is 16.3. The molecule has 1 aliphatic rings. The first-order valence-electron chi connectivity index (χ1n) is 8.02. The molecule has 0 heterocycles. The maximum Gasteiger partial charge on any atom is 0.317 e. The van der Waals surface area contributed by atoms with E-state index in [4.69, 9.17) is 0 Å². The van der Waals surface area contributed by atoms with Crippen LogP contribution in [-0.2, 0) is 12.0 Å². The molecule has 0 aliphatic heterocycles.